The van der Waals surface area contributed by atoms with Crippen LogP contribution >= 0.6 is 0 Å². The molecule has 3 heteroatoms. The van der Waals surface area contributed by atoms with Crippen LogP contribution in [0.5, 0.6) is 0 Å². The minimum Gasteiger partial charge on any atom is -0.384 e. The number of nitrogens with two attached hydrogens (primary N) is 1. The average molecular weight is 219 g/mol. The Hall–Kier alpha value is -1.09. The van der Waals surface area contributed by atoms with E-state index in [0.29, 0.717) is 11.9 Å². The highest BCUT2D eigenvalue weighted by Gasteiger charge is 2.24. The van der Waals surface area contributed by atoms with Gasteiger partial charge in [-0.2, -0.15) is 0 Å². The topological polar surface area (TPSA) is 42.1 Å². The standard InChI is InChI=1S/C13H21N3/c1-10-4-3-7-16(11(10)2)9-12-5-6-13(14)15-8-12/h5-6,8,10-11H,3-4,7,9H2,1-2H3,(H2,14,15). The predicted octanol–water partition coefficient (Wildman–Crippen LogP) is 2.28. The summed E-state index contributed by atoms with van der Waals surface area (Å²) in [5, 5.41) is 0. The number of anilines is 1. The fourth-order valence-corrected chi connectivity index (χ4v) is 2.41. The van der Waals surface area contributed by atoms with Gasteiger partial charge in [0.1, 0.15) is 5.82 Å². The first-order chi connectivity index (χ1) is 7.66. The number of likely N-dealkylation sites (tertiary alicyclic amines) is 1. The molecule has 3 nitrogen and oxygen atoms in total. The van der Waals surface area contributed by atoms with E-state index in [4.69, 9.17) is 5.73 Å². The Labute approximate surface area is 97.7 Å². The number of nitrogen functional groups attached to an aromatic ring is 1. The summed E-state index contributed by atoms with van der Waals surface area (Å²) in [5.74, 6) is 1.40. The van der Waals surface area contributed by atoms with Crippen molar-refractivity contribution in [3.05, 3.63) is 23.9 Å². The second kappa shape index (κ2) is 4.83. The smallest absolute Gasteiger partial charge is 0.123 e. The molecule has 0 amide bonds. The lowest BCUT2D eigenvalue weighted by Crippen LogP contribution is -2.41. The van der Waals surface area contributed by atoms with Crippen LogP contribution in [-0.4, -0.2) is 22.5 Å². The van der Waals surface area contributed by atoms with E-state index in [-0.39, 0.29) is 0 Å². The summed E-state index contributed by atoms with van der Waals surface area (Å²) >= 11 is 0. The molecule has 0 aliphatic carbocycles. The monoisotopic (exact) mass is 219 g/mol. The molecular formula is C13H21N3. The Kier molecular flexibility index (Phi) is 3.44. The van der Waals surface area contributed by atoms with Crippen LogP contribution in [0.3, 0.4) is 0 Å². The third-order valence-corrected chi connectivity index (χ3v) is 3.74. The Bertz CT molecular complexity index is 334. The SMILES string of the molecule is CC1CCCN(Cc2ccc(N)nc2)C1C. The van der Waals surface area contributed by atoms with Crippen LogP contribution < -0.4 is 5.73 Å². The van der Waals surface area contributed by atoms with Crippen molar-refractivity contribution in [1.29, 1.82) is 0 Å². The lowest BCUT2D eigenvalue weighted by molar-refractivity contribution is 0.106. The average Bonchev–Trinajstić information content (AvgIpc) is 2.28. The summed E-state index contributed by atoms with van der Waals surface area (Å²) in [6.07, 6.45) is 4.56. The first kappa shape index (κ1) is 11.4. The van der Waals surface area contributed by atoms with Crippen molar-refractivity contribution >= 4 is 5.82 Å². The molecule has 1 saturated heterocycles. The van der Waals surface area contributed by atoms with Gasteiger partial charge in [-0.15, -0.1) is 0 Å². The third-order valence-electron chi connectivity index (χ3n) is 3.74. The minimum atomic E-state index is 0.601. The van der Waals surface area contributed by atoms with E-state index < -0.39 is 0 Å². The summed E-state index contributed by atoms with van der Waals surface area (Å²) in [7, 11) is 0. The van der Waals surface area contributed by atoms with E-state index >= 15 is 0 Å². The van der Waals surface area contributed by atoms with Crippen molar-refractivity contribution in [2.45, 2.75) is 39.3 Å². The molecule has 1 aliphatic rings. The number of hydrogen-bond acceptors (Lipinski definition) is 3. The summed E-state index contributed by atoms with van der Waals surface area (Å²) in [6, 6.07) is 4.63. The number of pyridine rings is 1. The molecule has 0 bridgehead atoms. The van der Waals surface area contributed by atoms with Crippen molar-refractivity contribution in [3.8, 4) is 0 Å². The summed E-state index contributed by atoms with van der Waals surface area (Å²) in [4.78, 5) is 6.68. The molecule has 2 unspecified atom stereocenters. The van der Waals surface area contributed by atoms with Gasteiger partial charge in [0.2, 0.25) is 0 Å². The molecule has 0 aromatic carbocycles. The van der Waals surface area contributed by atoms with Crippen LogP contribution in [0, 0.1) is 5.92 Å². The molecule has 2 rings (SSSR count). The first-order valence-corrected chi connectivity index (χ1v) is 6.11. The summed E-state index contributed by atoms with van der Waals surface area (Å²) < 4.78 is 0. The zero-order valence-corrected chi connectivity index (χ0v) is 10.2. The zero-order chi connectivity index (χ0) is 11.5. The maximum absolute atomic E-state index is 5.58. The van der Waals surface area contributed by atoms with E-state index in [1.807, 2.05) is 12.3 Å². The van der Waals surface area contributed by atoms with Crippen LogP contribution in [0.1, 0.15) is 32.3 Å². The molecule has 0 saturated carbocycles. The quantitative estimate of drug-likeness (QED) is 0.829. The Morgan fingerprint density at radius 2 is 2.25 bits per heavy atom. The molecule has 0 radical (unpaired) electrons. The fraction of sp³-hybridized carbons (Fsp3) is 0.615. The van der Waals surface area contributed by atoms with Crippen LogP contribution in [0.15, 0.2) is 18.3 Å². The molecule has 2 heterocycles. The molecule has 1 aromatic rings. The molecule has 0 spiro atoms. The lowest BCUT2D eigenvalue weighted by atomic mass is 9.92. The summed E-state index contributed by atoms with van der Waals surface area (Å²) in [5.41, 5.74) is 6.84. The highest BCUT2D eigenvalue weighted by atomic mass is 15.2. The molecule has 88 valence electrons. The minimum absolute atomic E-state index is 0.601. The van der Waals surface area contributed by atoms with E-state index in [1.165, 1.54) is 24.9 Å². The van der Waals surface area contributed by atoms with E-state index in [0.717, 1.165) is 12.5 Å². The number of aromatic nitrogens is 1. The second-order valence-electron chi connectivity index (χ2n) is 4.92. The highest BCUT2D eigenvalue weighted by molar-refractivity contribution is 5.29. The molecule has 1 fully saturated rings. The molecular weight excluding hydrogens is 198 g/mol. The van der Waals surface area contributed by atoms with Crippen molar-refractivity contribution in [3.63, 3.8) is 0 Å². The van der Waals surface area contributed by atoms with Crippen molar-refractivity contribution in [1.82, 2.24) is 9.88 Å². The van der Waals surface area contributed by atoms with Gasteiger partial charge in [0.25, 0.3) is 0 Å². The normalized spacial score (nSPS) is 26.9. The summed E-state index contributed by atoms with van der Waals surface area (Å²) in [6.45, 7) is 6.88. The zero-order valence-electron chi connectivity index (χ0n) is 10.2. The van der Waals surface area contributed by atoms with Crippen LogP contribution in [0.4, 0.5) is 5.82 Å². The van der Waals surface area contributed by atoms with Gasteiger partial charge < -0.3 is 5.73 Å². The van der Waals surface area contributed by atoms with Crippen molar-refractivity contribution in [2.75, 3.05) is 12.3 Å². The van der Waals surface area contributed by atoms with Gasteiger partial charge >= 0.3 is 0 Å². The highest BCUT2D eigenvalue weighted by Crippen LogP contribution is 2.24. The first-order valence-electron chi connectivity index (χ1n) is 6.11. The Morgan fingerprint density at radius 1 is 1.44 bits per heavy atom. The van der Waals surface area contributed by atoms with E-state index in [1.54, 1.807) is 0 Å². The van der Waals surface area contributed by atoms with Gasteiger partial charge in [-0.25, -0.2) is 4.98 Å². The number of hydrogen-bond donors (Lipinski definition) is 1. The second-order valence-corrected chi connectivity index (χ2v) is 4.92. The number of piperidine rings is 1. The van der Waals surface area contributed by atoms with E-state index in [2.05, 4.69) is 29.8 Å². The third kappa shape index (κ3) is 2.53. The largest absolute Gasteiger partial charge is 0.384 e. The van der Waals surface area contributed by atoms with Crippen molar-refractivity contribution in [2.24, 2.45) is 5.92 Å². The molecule has 2 atom stereocenters. The Balaban J connectivity index is 2.00. The van der Waals surface area contributed by atoms with Gasteiger partial charge in [-0.05, 0) is 43.9 Å². The fourth-order valence-electron chi connectivity index (χ4n) is 2.41. The van der Waals surface area contributed by atoms with Crippen LogP contribution in [-0.2, 0) is 6.54 Å². The Morgan fingerprint density at radius 3 is 2.94 bits per heavy atom. The number of rotatable bonds is 2. The molecule has 2 N–H and O–H groups in total. The lowest BCUT2D eigenvalue weighted by Gasteiger charge is -2.37. The molecule has 1 aromatic heterocycles. The van der Waals surface area contributed by atoms with E-state index in [9.17, 15) is 0 Å². The predicted molar refractivity (Wildman–Crippen MR) is 66.9 cm³/mol. The van der Waals surface area contributed by atoms with Crippen molar-refractivity contribution < 1.29 is 0 Å². The van der Waals surface area contributed by atoms with Gasteiger partial charge in [0, 0.05) is 18.8 Å². The molecule has 1 aliphatic heterocycles. The maximum Gasteiger partial charge on any atom is 0.123 e. The van der Waals surface area contributed by atoms with Gasteiger partial charge in [0.15, 0.2) is 0 Å². The van der Waals surface area contributed by atoms with Gasteiger partial charge in [-0.3, -0.25) is 4.90 Å². The van der Waals surface area contributed by atoms with Crippen LogP contribution in [0.2, 0.25) is 0 Å². The van der Waals surface area contributed by atoms with Gasteiger partial charge in [0.05, 0.1) is 0 Å². The van der Waals surface area contributed by atoms with Crippen LogP contribution in [0.25, 0.3) is 0 Å². The number of nitrogens with zero attached hydrogens (tertiary/aromatic N) is 2. The maximum atomic E-state index is 5.58. The van der Waals surface area contributed by atoms with Gasteiger partial charge in [-0.1, -0.05) is 13.0 Å². The molecule has 16 heavy (non-hydrogen) atoms.